The van der Waals surface area contributed by atoms with Gasteiger partial charge in [-0.3, -0.25) is 9.78 Å². The van der Waals surface area contributed by atoms with E-state index in [1.165, 1.54) is 6.20 Å². The Morgan fingerprint density at radius 2 is 1.76 bits per heavy atom. The van der Waals surface area contributed by atoms with E-state index in [0.29, 0.717) is 11.4 Å². The molecule has 7 nitrogen and oxygen atoms in total. The summed E-state index contributed by atoms with van der Waals surface area (Å²) in [7, 11) is 1.70. The van der Waals surface area contributed by atoms with Crippen molar-refractivity contribution in [1.82, 2.24) is 9.97 Å². The average Bonchev–Trinajstić information content (AvgIpc) is 2.80. The number of aromatic nitrogens is 2. The van der Waals surface area contributed by atoms with Gasteiger partial charge >= 0.3 is 0 Å². The van der Waals surface area contributed by atoms with E-state index < -0.39 is 0 Å². The van der Waals surface area contributed by atoms with E-state index in [9.17, 15) is 4.79 Å². The number of pyridine rings is 2. The van der Waals surface area contributed by atoms with E-state index in [0.717, 1.165) is 43.3 Å². The van der Waals surface area contributed by atoms with Crippen LogP contribution in [0.1, 0.15) is 10.4 Å². The summed E-state index contributed by atoms with van der Waals surface area (Å²) < 4.78 is 5.48. The first kappa shape index (κ1) is 18.7. The topological polar surface area (TPSA) is 70.6 Å². The molecule has 0 radical (unpaired) electrons. The molecule has 3 aromatic rings. The average molecular weight is 389 g/mol. The molecule has 0 atom stereocenters. The smallest absolute Gasteiger partial charge is 0.258 e. The molecule has 0 spiro atoms. The van der Waals surface area contributed by atoms with Crippen molar-refractivity contribution in [2.75, 3.05) is 48.4 Å². The lowest BCUT2D eigenvalue weighted by Gasteiger charge is -2.37. The van der Waals surface area contributed by atoms with Gasteiger partial charge in [-0.05, 0) is 36.4 Å². The Morgan fingerprint density at radius 1 is 0.966 bits per heavy atom. The number of hydrogen-bond acceptors (Lipinski definition) is 6. The summed E-state index contributed by atoms with van der Waals surface area (Å²) in [6, 6.07) is 15.4. The van der Waals surface area contributed by atoms with Crippen molar-refractivity contribution in [2.45, 2.75) is 0 Å². The van der Waals surface area contributed by atoms with Crippen molar-refractivity contribution in [1.29, 1.82) is 0 Å². The number of carbonyl (C=O) groups is 1. The summed E-state index contributed by atoms with van der Waals surface area (Å²) in [5.41, 5.74) is 2.68. The molecule has 1 fully saturated rings. The van der Waals surface area contributed by atoms with E-state index in [2.05, 4.69) is 31.2 Å². The molecule has 1 saturated heterocycles. The van der Waals surface area contributed by atoms with Crippen LogP contribution in [-0.2, 0) is 0 Å². The minimum Gasteiger partial charge on any atom is -0.495 e. The molecule has 3 heterocycles. The van der Waals surface area contributed by atoms with Crippen molar-refractivity contribution < 1.29 is 9.53 Å². The maximum atomic E-state index is 12.2. The summed E-state index contributed by atoms with van der Waals surface area (Å²) in [4.78, 5) is 25.2. The van der Waals surface area contributed by atoms with Crippen molar-refractivity contribution in [3.05, 3.63) is 72.7 Å². The van der Waals surface area contributed by atoms with Crippen LogP contribution < -0.4 is 19.9 Å². The SMILES string of the molecule is COc1ccccc1N1CCN(c2ccc(NC(=O)c3cccnc3)nc2)CC1. The number of methoxy groups -OCH3 is 1. The number of carbonyl (C=O) groups excluding carboxylic acids is 1. The zero-order valence-electron chi connectivity index (χ0n) is 16.3. The van der Waals surface area contributed by atoms with Crippen LogP contribution in [-0.4, -0.2) is 49.2 Å². The van der Waals surface area contributed by atoms with Gasteiger partial charge in [0.2, 0.25) is 0 Å². The Morgan fingerprint density at radius 3 is 2.45 bits per heavy atom. The highest BCUT2D eigenvalue weighted by atomic mass is 16.5. The molecule has 0 bridgehead atoms. The molecular weight excluding hydrogens is 366 g/mol. The van der Waals surface area contributed by atoms with Gasteiger partial charge in [0.05, 0.1) is 30.2 Å². The van der Waals surface area contributed by atoms with Gasteiger partial charge in [0, 0.05) is 38.6 Å². The standard InChI is InChI=1S/C22H23N5O2/c1-29-20-7-3-2-6-19(20)27-13-11-26(12-14-27)18-8-9-21(24-16-18)25-22(28)17-5-4-10-23-15-17/h2-10,15-16H,11-14H2,1H3,(H,24,25,28). The first-order valence-corrected chi connectivity index (χ1v) is 9.55. The maximum absolute atomic E-state index is 12.2. The maximum Gasteiger partial charge on any atom is 0.258 e. The number of nitrogens with zero attached hydrogens (tertiary/aromatic N) is 4. The Hall–Kier alpha value is -3.61. The fourth-order valence-corrected chi connectivity index (χ4v) is 3.43. The highest BCUT2D eigenvalue weighted by Gasteiger charge is 2.20. The van der Waals surface area contributed by atoms with Crippen LogP contribution in [0.2, 0.25) is 0 Å². The zero-order valence-corrected chi connectivity index (χ0v) is 16.3. The Balaban J connectivity index is 1.36. The number of nitrogens with one attached hydrogen (secondary N) is 1. The van der Waals surface area contributed by atoms with Gasteiger partial charge in [-0.25, -0.2) is 4.98 Å². The quantitative estimate of drug-likeness (QED) is 0.723. The van der Waals surface area contributed by atoms with E-state index in [4.69, 9.17) is 4.74 Å². The third-order valence-electron chi connectivity index (χ3n) is 4.98. The van der Waals surface area contributed by atoms with E-state index in [-0.39, 0.29) is 5.91 Å². The third-order valence-corrected chi connectivity index (χ3v) is 4.98. The minimum atomic E-state index is -0.219. The van der Waals surface area contributed by atoms with E-state index >= 15 is 0 Å². The fourth-order valence-electron chi connectivity index (χ4n) is 3.43. The van der Waals surface area contributed by atoms with Gasteiger partial charge in [-0.1, -0.05) is 12.1 Å². The second-order valence-corrected chi connectivity index (χ2v) is 6.74. The summed E-state index contributed by atoms with van der Waals surface area (Å²) in [6.45, 7) is 3.59. The first-order chi connectivity index (χ1) is 14.2. The summed E-state index contributed by atoms with van der Waals surface area (Å²) in [5, 5.41) is 2.80. The summed E-state index contributed by atoms with van der Waals surface area (Å²) in [5.74, 6) is 1.20. The van der Waals surface area contributed by atoms with Crippen molar-refractivity contribution in [3.8, 4) is 5.75 Å². The van der Waals surface area contributed by atoms with Gasteiger partial charge in [-0.2, -0.15) is 0 Å². The van der Waals surface area contributed by atoms with Gasteiger partial charge in [-0.15, -0.1) is 0 Å². The normalized spacial score (nSPS) is 13.8. The lowest BCUT2D eigenvalue weighted by Crippen LogP contribution is -2.46. The highest BCUT2D eigenvalue weighted by Crippen LogP contribution is 2.29. The molecule has 1 N–H and O–H groups in total. The molecule has 0 saturated carbocycles. The molecule has 2 aromatic heterocycles. The number of rotatable bonds is 5. The van der Waals surface area contributed by atoms with Crippen molar-refractivity contribution in [3.63, 3.8) is 0 Å². The molecule has 29 heavy (non-hydrogen) atoms. The van der Waals surface area contributed by atoms with Crippen LogP contribution in [0, 0.1) is 0 Å². The number of anilines is 3. The first-order valence-electron chi connectivity index (χ1n) is 9.55. The predicted octanol–water partition coefficient (Wildman–Crippen LogP) is 3.06. The Bertz CT molecular complexity index is 954. The predicted molar refractivity (Wildman–Crippen MR) is 114 cm³/mol. The Kier molecular flexibility index (Phi) is 5.56. The molecule has 1 aromatic carbocycles. The molecule has 4 rings (SSSR count). The van der Waals surface area contributed by atoms with Crippen LogP contribution in [0.5, 0.6) is 5.75 Å². The molecular formula is C22H23N5O2. The van der Waals surface area contributed by atoms with Crippen LogP contribution in [0.4, 0.5) is 17.2 Å². The zero-order chi connectivity index (χ0) is 20.1. The van der Waals surface area contributed by atoms with Gasteiger partial charge < -0.3 is 19.9 Å². The number of piperazine rings is 1. The number of hydrogen-bond donors (Lipinski definition) is 1. The van der Waals surface area contributed by atoms with E-state index in [1.54, 1.807) is 31.6 Å². The Labute approximate surface area is 170 Å². The number of benzene rings is 1. The molecule has 7 heteroatoms. The van der Waals surface area contributed by atoms with Crippen LogP contribution >= 0.6 is 0 Å². The molecule has 1 amide bonds. The number of ether oxygens (including phenoxy) is 1. The van der Waals surface area contributed by atoms with Crippen LogP contribution in [0.3, 0.4) is 0 Å². The van der Waals surface area contributed by atoms with Gasteiger partial charge in [0.15, 0.2) is 0 Å². The van der Waals surface area contributed by atoms with E-state index in [1.807, 2.05) is 30.3 Å². The molecule has 1 aliphatic rings. The van der Waals surface area contributed by atoms with Gasteiger partial charge in [0.25, 0.3) is 5.91 Å². The van der Waals surface area contributed by atoms with Crippen LogP contribution in [0.25, 0.3) is 0 Å². The lowest BCUT2D eigenvalue weighted by atomic mass is 10.2. The fraction of sp³-hybridized carbons (Fsp3) is 0.227. The second kappa shape index (κ2) is 8.60. The van der Waals surface area contributed by atoms with Gasteiger partial charge in [0.1, 0.15) is 11.6 Å². The summed E-state index contributed by atoms with van der Waals surface area (Å²) in [6.07, 6.45) is 4.97. The van der Waals surface area contributed by atoms with Crippen molar-refractivity contribution in [2.24, 2.45) is 0 Å². The number of amides is 1. The minimum absolute atomic E-state index is 0.219. The summed E-state index contributed by atoms with van der Waals surface area (Å²) >= 11 is 0. The second-order valence-electron chi connectivity index (χ2n) is 6.74. The molecule has 148 valence electrons. The van der Waals surface area contributed by atoms with Crippen LogP contribution in [0.15, 0.2) is 67.1 Å². The lowest BCUT2D eigenvalue weighted by molar-refractivity contribution is 0.102. The van der Waals surface area contributed by atoms with Crippen molar-refractivity contribution >= 4 is 23.1 Å². The molecule has 1 aliphatic heterocycles. The monoisotopic (exact) mass is 389 g/mol. The largest absolute Gasteiger partial charge is 0.495 e. The molecule has 0 unspecified atom stereocenters. The highest BCUT2D eigenvalue weighted by molar-refractivity contribution is 6.03. The third kappa shape index (κ3) is 4.29. The molecule has 0 aliphatic carbocycles. The number of para-hydroxylation sites is 2.